The maximum atomic E-state index is 11.7. The summed E-state index contributed by atoms with van der Waals surface area (Å²) in [7, 11) is 0. The summed E-state index contributed by atoms with van der Waals surface area (Å²) < 4.78 is 5.18. The normalized spacial score (nSPS) is 12.9. The zero-order chi connectivity index (χ0) is 14.6. The number of carbonyl (C=O) groups is 1. The molecule has 0 saturated heterocycles. The average molecular weight is 266 g/mol. The van der Waals surface area contributed by atoms with Gasteiger partial charge < -0.3 is 15.6 Å². The number of benzene rings is 1. The molecule has 0 unspecified atom stereocenters. The Morgan fingerprint density at radius 2 is 2.11 bits per heavy atom. The zero-order valence-corrected chi connectivity index (χ0v) is 11.9. The zero-order valence-electron chi connectivity index (χ0n) is 11.9. The lowest BCUT2D eigenvalue weighted by Crippen LogP contribution is -2.27. The molecule has 1 aromatic carbocycles. The standard InChI is InChI=1S/C14H22N2O3/c1-9-7-10(11(15)8-17)5-6-12(9)16-13(18)19-14(2,3)4/h5-7,11,17H,8,15H2,1-4H3,(H,16,18)/t11-/m0/s1. The van der Waals surface area contributed by atoms with E-state index >= 15 is 0 Å². The van der Waals surface area contributed by atoms with Crippen LogP contribution in [0.3, 0.4) is 0 Å². The Kier molecular flexibility index (Phi) is 4.91. The summed E-state index contributed by atoms with van der Waals surface area (Å²) in [5.41, 5.74) is 7.57. The number of aliphatic hydroxyl groups is 1. The van der Waals surface area contributed by atoms with Crippen molar-refractivity contribution >= 4 is 11.8 Å². The fourth-order valence-corrected chi connectivity index (χ4v) is 1.58. The van der Waals surface area contributed by atoms with Gasteiger partial charge in [0.2, 0.25) is 0 Å². The minimum Gasteiger partial charge on any atom is -0.444 e. The SMILES string of the molecule is Cc1cc([C@@H](N)CO)ccc1NC(=O)OC(C)(C)C. The first-order valence-electron chi connectivity index (χ1n) is 6.20. The number of anilines is 1. The van der Waals surface area contributed by atoms with Crippen molar-refractivity contribution in [2.24, 2.45) is 5.73 Å². The molecular formula is C14H22N2O3. The van der Waals surface area contributed by atoms with Crippen LogP contribution in [-0.4, -0.2) is 23.4 Å². The topological polar surface area (TPSA) is 84.6 Å². The first-order valence-corrected chi connectivity index (χ1v) is 6.20. The number of nitrogens with one attached hydrogen (secondary N) is 1. The molecule has 0 fully saturated rings. The predicted octanol–water partition coefficient (Wildman–Crippen LogP) is 2.33. The van der Waals surface area contributed by atoms with Gasteiger partial charge in [0, 0.05) is 5.69 Å². The first kappa shape index (κ1) is 15.5. The molecule has 0 aliphatic rings. The molecule has 1 amide bonds. The number of rotatable bonds is 3. The van der Waals surface area contributed by atoms with Crippen molar-refractivity contribution in [2.45, 2.75) is 39.3 Å². The number of nitrogens with two attached hydrogens (primary N) is 1. The van der Waals surface area contributed by atoms with Gasteiger partial charge in [0.05, 0.1) is 12.6 Å². The van der Waals surface area contributed by atoms with Gasteiger partial charge in [0.1, 0.15) is 5.60 Å². The Hall–Kier alpha value is -1.59. The molecule has 0 aromatic heterocycles. The van der Waals surface area contributed by atoms with Crippen LogP contribution in [-0.2, 0) is 4.74 Å². The maximum Gasteiger partial charge on any atom is 0.412 e. The van der Waals surface area contributed by atoms with Crippen molar-refractivity contribution in [1.29, 1.82) is 0 Å². The molecule has 1 aromatic rings. The third-order valence-corrected chi connectivity index (χ3v) is 2.51. The summed E-state index contributed by atoms with van der Waals surface area (Å²) in [5.74, 6) is 0. The minimum absolute atomic E-state index is 0.113. The Labute approximate surface area is 113 Å². The highest BCUT2D eigenvalue weighted by Crippen LogP contribution is 2.20. The summed E-state index contributed by atoms with van der Waals surface area (Å²) in [6.45, 7) is 7.17. The van der Waals surface area contributed by atoms with Crippen LogP contribution in [0, 0.1) is 6.92 Å². The minimum atomic E-state index is -0.531. The van der Waals surface area contributed by atoms with Crippen LogP contribution < -0.4 is 11.1 Å². The Morgan fingerprint density at radius 3 is 2.58 bits per heavy atom. The largest absolute Gasteiger partial charge is 0.444 e. The second-order valence-electron chi connectivity index (χ2n) is 5.49. The first-order chi connectivity index (χ1) is 8.73. The highest BCUT2D eigenvalue weighted by atomic mass is 16.6. The van der Waals surface area contributed by atoms with E-state index in [2.05, 4.69) is 5.32 Å². The number of aryl methyl sites for hydroxylation is 1. The van der Waals surface area contributed by atoms with Crippen molar-refractivity contribution in [3.8, 4) is 0 Å². The van der Waals surface area contributed by atoms with Crippen molar-refractivity contribution in [1.82, 2.24) is 0 Å². The highest BCUT2D eigenvalue weighted by molar-refractivity contribution is 5.85. The predicted molar refractivity (Wildman–Crippen MR) is 75.0 cm³/mol. The molecule has 19 heavy (non-hydrogen) atoms. The molecule has 0 heterocycles. The lowest BCUT2D eigenvalue weighted by molar-refractivity contribution is 0.0636. The van der Waals surface area contributed by atoms with Gasteiger partial charge in [0.25, 0.3) is 0 Å². The third-order valence-electron chi connectivity index (χ3n) is 2.51. The molecule has 0 radical (unpaired) electrons. The van der Waals surface area contributed by atoms with Gasteiger partial charge in [-0.15, -0.1) is 0 Å². The number of aliphatic hydroxyl groups excluding tert-OH is 1. The van der Waals surface area contributed by atoms with E-state index in [-0.39, 0.29) is 6.61 Å². The molecule has 5 heteroatoms. The third kappa shape index (κ3) is 4.89. The van der Waals surface area contributed by atoms with Crippen LogP contribution in [0.25, 0.3) is 0 Å². The fraction of sp³-hybridized carbons (Fsp3) is 0.500. The van der Waals surface area contributed by atoms with Crippen LogP contribution in [0.4, 0.5) is 10.5 Å². The van der Waals surface area contributed by atoms with Crippen LogP contribution in [0.1, 0.15) is 37.9 Å². The van der Waals surface area contributed by atoms with E-state index in [1.54, 1.807) is 12.1 Å². The van der Waals surface area contributed by atoms with E-state index in [1.807, 2.05) is 33.8 Å². The molecule has 0 spiro atoms. The molecule has 1 atom stereocenters. The molecule has 0 saturated carbocycles. The van der Waals surface area contributed by atoms with Crippen LogP contribution in [0.5, 0.6) is 0 Å². The maximum absolute atomic E-state index is 11.7. The lowest BCUT2D eigenvalue weighted by atomic mass is 10.0. The lowest BCUT2D eigenvalue weighted by Gasteiger charge is -2.20. The summed E-state index contributed by atoms with van der Waals surface area (Å²) in [4.78, 5) is 11.7. The van der Waals surface area contributed by atoms with Gasteiger partial charge in [-0.05, 0) is 44.9 Å². The second-order valence-corrected chi connectivity index (χ2v) is 5.49. The van der Waals surface area contributed by atoms with Crippen molar-refractivity contribution in [3.05, 3.63) is 29.3 Å². The van der Waals surface area contributed by atoms with Gasteiger partial charge in [0.15, 0.2) is 0 Å². The number of amides is 1. The number of hydrogen-bond acceptors (Lipinski definition) is 4. The Balaban J connectivity index is 2.78. The van der Waals surface area contributed by atoms with E-state index in [4.69, 9.17) is 15.6 Å². The highest BCUT2D eigenvalue weighted by Gasteiger charge is 2.17. The summed E-state index contributed by atoms with van der Waals surface area (Å²) >= 11 is 0. The van der Waals surface area contributed by atoms with E-state index in [0.29, 0.717) is 5.69 Å². The molecule has 4 N–H and O–H groups in total. The molecule has 0 aliphatic heterocycles. The molecule has 5 nitrogen and oxygen atoms in total. The van der Waals surface area contributed by atoms with Gasteiger partial charge in [-0.1, -0.05) is 12.1 Å². The van der Waals surface area contributed by atoms with Crippen LogP contribution >= 0.6 is 0 Å². The van der Waals surface area contributed by atoms with Crippen LogP contribution in [0.2, 0.25) is 0 Å². The summed E-state index contributed by atoms with van der Waals surface area (Å²) in [6.07, 6.45) is -0.491. The van der Waals surface area contributed by atoms with Crippen LogP contribution in [0.15, 0.2) is 18.2 Å². The molecule has 106 valence electrons. The Bertz CT molecular complexity index is 452. The van der Waals surface area contributed by atoms with E-state index in [0.717, 1.165) is 11.1 Å². The Morgan fingerprint density at radius 1 is 1.47 bits per heavy atom. The molecule has 0 aliphatic carbocycles. The van der Waals surface area contributed by atoms with Gasteiger partial charge >= 0.3 is 6.09 Å². The number of ether oxygens (including phenoxy) is 1. The molecule has 1 rings (SSSR count). The molecular weight excluding hydrogens is 244 g/mol. The summed E-state index contributed by atoms with van der Waals surface area (Å²) in [5, 5.41) is 11.7. The van der Waals surface area contributed by atoms with E-state index in [1.165, 1.54) is 0 Å². The van der Waals surface area contributed by atoms with Crippen molar-refractivity contribution in [3.63, 3.8) is 0 Å². The average Bonchev–Trinajstić information content (AvgIpc) is 2.28. The molecule has 0 bridgehead atoms. The van der Waals surface area contributed by atoms with Gasteiger partial charge in [-0.3, -0.25) is 5.32 Å². The second kappa shape index (κ2) is 6.04. The van der Waals surface area contributed by atoms with E-state index < -0.39 is 17.7 Å². The summed E-state index contributed by atoms with van der Waals surface area (Å²) in [6, 6.07) is 4.97. The monoisotopic (exact) mass is 266 g/mol. The van der Waals surface area contributed by atoms with Gasteiger partial charge in [-0.25, -0.2) is 4.79 Å². The fourth-order valence-electron chi connectivity index (χ4n) is 1.58. The van der Waals surface area contributed by atoms with E-state index in [9.17, 15) is 4.79 Å². The van der Waals surface area contributed by atoms with Crippen molar-refractivity contribution in [2.75, 3.05) is 11.9 Å². The quantitative estimate of drug-likeness (QED) is 0.784. The van der Waals surface area contributed by atoms with Crippen molar-refractivity contribution < 1.29 is 14.6 Å². The number of hydrogen-bond donors (Lipinski definition) is 3. The van der Waals surface area contributed by atoms with Gasteiger partial charge in [-0.2, -0.15) is 0 Å². The number of carbonyl (C=O) groups excluding carboxylic acids is 1. The smallest absolute Gasteiger partial charge is 0.412 e.